The Labute approximate surface area is 137 Å². The maximum Gasteiger partial charge on any atom is 0.161 e. The molecule has 118 valence electrons. The molecule has 0 saturated heterocycles. The van der Waals surface area contributed by atoms with E-state index in [9.17, 15) is 4.39 Å². The number of anilines is 2. The molecule has 3 aromatic rings. The van der Waals surface area contributed by atoms with Crippen LogP contribution in [0.5, 0.6) is 11.5 Å². The first-order valence-electron chi connectivity index (χ1n) is 6.72. The van der Waals surface area contributed by atoms with Crippen LogP contribution < -0.4 is 14.8 Å². The number of methoxy groups -OCH3 is 2. The highest BCUT2D eigenvalue weighted by Crippen LogP contribution is 2.35. The number of fused-ring (bicyclic) bond motifs is 1. The molecule has 1 aromatic heterocycles. The van der Waals surface area contributed by atoms with Crippen LogP contribution in [0.1, 0.15) is 0 Å². The van der Waals surface area contributed by atoms with E-state index in [1.807, 2.05) is 0 Å². The van der Waals surface area contributed by atoms with Gasteiger partial charge in [-0.15, -0.1) is 5.10 Å². The van der Waals surface area contributed by atoms with Gasteiger partial charge in [0.15, 0.2) is 17.3 Å². The first kappa shape index (κ1) is 15.3. The average Bonchev–Trinajstić information content (AvgIpc) is 2.57. The SMILES string of the molecule is COc1cc2cnnc(Nc3cc(Cl)ccc3F)c2cc1OC. The van der Waals surface area contributed by atoms with Crippen LogP contribution in [0.4, 0.5) is 15.9 Å². The molecule has 0 aliphatic carbocycles. The maximum atomic E-state index is 13.9. The first-order chi connectivity index (χ1) is 11.1. The topological polar surface area (TPSA) is 56.3 Å². The number of ether oxygens (including phenoxy) is 2. The van der Waals surface area contributed by atoms with Crippen LogP contribution in [-0.4, -0.2) is 24.4 Å². The van der Waals surface area contributed by atoms with Crippen molar-refractivity contribution in [2.24, 2.45) is 0 Å². The smallest absolute Gasteiger partial charge is 0.161 e. The Balaban J connectivity index is 2.12. The second kappa shape index (κ2) is 6.26. The number of nitrogens with one attached hydrogen (secondary N) is 1. The largest absolute Gasteiger partial charge is 0.493 e. The lowest BCUT2D eigenvalue weighted by Gasteiger charge is -2.12. The fourth-order valence-electron chi connectivity index (χ4n) is 2.22. The van der Waals surface area contributed by atoms with Crippen molar-refractivity contribution in [2.45, 2.75) is 0 Å². The van der Waals surface area contributed by atoms with Crippen molar-refractivity contribution in [1.82, 2.24) is 10.2 Å². The summed E-state index contributed by atoms with van der Waals surface area (Å²) >= 11 is 5.91. The summed E-state index contributed by atoms with van der Waals surface area (Å²) in [5.41, 5.74) is 0.217. The molecular formula is C16H13ClFN3O2. The van der Waals surface area contributed by atoms with E-state index in [4.69, 9.17) is 21.1 Å². The molecule has 0 saturated carbocycles. The summed E-state index contributed by atoms with van der Waals surface area (Å²) < 4.78 is 24.5. The van der Waals surface area contributed by atoms with E-state index in [0.717, 1.165) is 10.8 Å². The van der Waals surface area contributed by atoms with E-state index in [1.165, 1.54) is 18.2 Å². The van der Waals surface area contributed by atoms with Gasteiger partial charge in [-0.05, 0) is 30.3 Å². The number of hydrogen-bond acceptors (Lipinski definition) is 5. The molecule has 0 aliphatic rings. The molecule has 2 aromatic carbocycles. The number of hydrogen-bond donors (Lipinski definition) is 1. The summed E-state index contributed by atoms with van der Waals surface area (Å²) in [4.78, 5) is 0. The van der Waals surface area contributed by atoms with E-state index in [1.54, 1.807) is 32.5 Å². The number of halogens is 2. The monoisotopic (exact) mass is 333 g/mol. The van der Waals surface area contributed by atoms with Gasteiger partial charge in [-0.2, -0.15) is 5.10 Å². The third-order valence-corrected chi connectivity index (χ3v) is 3.58. The van der Waals surface area contributed by atoms with Crippen LogP contribution in [0.2, 0.25) is 5.02 Å². The summed E-state index contributed by atoms with van der Waals surface area (Å²) in [5.74, 6) is 1.08. The fraction of sp³-hybridized carbons (Fsp3) is 0.125. The van der Waals surface area contributed by atoms with Crippen LogP contribution in [0.25, 0.3) is 10.8 Å². The number of nitrogens with zero attached hydrogens (tertiary/aromatic N) is 2. The molecule has 0 fully saturated rings. The molecule has 3 rings (SSSR count). The molecule has 1 heterocycles. The van der Waals surface area contributed by atoms with E-state index in [2.05, 4.69) is 15.5 Å². The second-order valence-corrected chi connectivity index (χ2v) is 5.17. The zero-order valence-electron chi connectivity index (χ0n) is 12.4. The Morgan fingerprint density at radius 1 is 1.09 bits per heavy atom. The Bertz CT molecular complexity index is 873. The van der Waals surface area contributed by atoms with Gasteiger partial charge in [0.05, 0.1) is 26.1 Å². The Morgan fingerprint density at radius 2 is 1.83 bits per heavy atom. The molecule has 0 aliphatic heterocycles. The molecule has 23 heavy (non-hydrogen) atoms. The van der Waals surface area contributed by atoms with Crippen LogP contribution in [-0.2, 0) is 0 Å². The summed E-state index contributed by atoms with van der Waals surface area (Å²) in [6.07, 6.45) is 1.59. The first-order valence-corrected chi connectivity index (χ1v) is 7.09. The minimum Gasteiger partial charge on any atom is -0.493 e. The summed E-state index contributed by atoms with van der Waals surface area (Å²) in [6.45, 7) is 0. The molecule has 0 unspecified atom stereocenters. The quantitative estimate of drug-likeness (QED) is 0.776. The van der Waals surface area contributed by atoms with Gasteiger partial charge in [-0.3, -0.25) is 0 Å². The van der Waals surface area contributed by atoms with Crippen LogP contribution >= 0.6 is 11.6 Å². The zero-order chi connectivity index (χ0) is 16.4. The molecule has 0 bridgehead atoms. The number of benzene rings is 2. The lowest BCUT2D eigenvalue weighted by atomic mass is 10.1. The van der Waals surface area contributed by atoms with Crippen LogP contribution in [0.15, 0.2) is 36.5 Å². The van der Waals surface area contributed by atoms with Gasteiger partial charge in [0.1, 0.15) is 5.82 Å². The normalized spacial score (nSPS) is 10.6. The molecule has 0 atom stereocenters. The van der Waals surface area contributed by atoms with Gasteiger partial charge in [0, 0.05) is 15.8 Å². The predicted octanol–water partition coefficient (Wildman–Crippen LogP) is 4.18. The minimum atomic E-state index is -0.436. The van der Waals surface area contributed by atoms with Gasteiger partial charge >= 0.3 is 0 Å². The van der Waals surface area contributed by atoms with Crippen LogP contribution in [0.3, 0.4) is 0 Å². The second-order valence-electron chi connectivity index (χ2n) is 4.74. The molecule has 1 N–H and O–H groups in total. The van der Waals surface area contributed by atoms with Gasteiger partial charge in [-0.25, -0.2) is 4.39 Å². The van der Waals surface area contributed by atoms with E-state index < -0.39 is 5.82 Å². The highest BCUT2D eigenvalue weighted by Gasteiger charge is 2.12. The molecule has 7 heteroatoms. The summed E-state index contributed by atoms with van der Waals surface area (Å²) in [7, 11) is 3.10. The molecule has 0 radical (unpaired) electrons. The van der Waals surface area contributed by atoms with E-state index >= 15 is 0 Å². The third kappa shape index (κ3) is 2.98. The Morgan fingerprint density at radius 3 is 2.57 bits per heavy atom. The molecule has 5 nitrogen and oxygen atoms in total. The molecule has 0 spiro atoms. The van der Waals surface area contributed by atoms with E-state index in [-0.39, 0.29) is 5.69 Å². The maximum absolute atomic E-state index is 13.9. The number of aromatic nitrogens is 2. The Kier molecular flexibility index (Phi) is 4.16. The van der Waals surface area contributed by atoms with Crippen molar-refractivity contribution < 1.29 is 13.9 Å². The van der Waals surface area contributed by atoms with E-state index in [0.29, 0.717) is 22.3 Å². The van der Waals surface area contributed by atoms with Gasteiger partial charge in [0.25, 0.3) is 0 Å². The highest BCUT2D eigenvalue weighted by atomic mass is 35.5. The third-order valence-electron chi connectivity index (χ3n) is 3.35. The van der Waals surface area contributed by atoms with Crippen molar-refractivity contribution in [1.29, 1.82) is 0 Å². The lowest BCUT2D eigenvalue weighted by molar-refractivity contribution is 0.356. The van der Waals surface area contributed by atoms with Crippen molar-refractivity contribution in [3.63, 3.8) is 0 Å². The zero-order valence-corrected chi connectivity index (χ0v) is 13.2. The fourth-order valence-corrected chi connectivity index (χ4v) is 2.39. The highest BCUT2D eigenvalue weighted by molar-refractivity contribution is 6.30. The number of rotatable bonds is 4. The van der Waals surface area contributed by atoms with Gasteiger partial charge in [-0.1, -0.05) is 11.6 Å². The standard InChI is InChI=1S/C16H13ClFN3O2/c1-22-14-5-9-8-19-21-16(11(9)7-15(14)23-2)20-13-6-10(17)3-4-12(13)18/h3-8H,1-2H3,(H,20,21). The van der Waals surface area contributed by atoms with Crippen molar-refractivity contribution >= 4 is 33.9 Å². The molecule has 0 amide bonds. The molecular weight excluding hydrogens is 321 g/mol. The minimum absolute atomic E-state index is 0.217. The van der Waals surface area contributed by atoms with Crippen molar-refractivity contribution in [3.8, 4) is 11.5 Å². The van der Waals surface area contributed by atoms with Crippen molar-refractivity contribution in [2.75, 3.05) is 19.5 Å². The van der Waals surface area contributed by atoms with Crippen LogP contribution in [0, 0.1) is 5.82 Å². The predicted molar refractivity (Wildman–Crippen MR) is 87.3 cm³/mol. The summed E-state index contributed by atoms with van der Waals surface area (Å²) in [5, 5.41) is 12.8. The van der Waals surface area contributed by atoms with Gasteiger partial charge < -0.3 is 14.8 Å². The van der Waals surface area contributed by atoms with Gasteiger partial charge in [0.2, 0.25) is 0 Å². The Hall–Kier alpha value is -2.60. The van der Waals surface area contributed by atoms with Crippen molar-refractivity contribution in [3.05, 3.63) is 47.4 Å². The summed E-state index contributed by atoms with van der Waals surface area (Å²) in [6, 6.07) is 7.78. The lowest BCUT2D eigenvalue weighted by Crippen LogP contribution is -2.00. The average molecular weight is 334 g/mol.